The van der Waals surface area contributed by atoms with Crippen molar-refractivity contribution in [3.8, 4) is 5.75 Å². The van der Waals surface area contributed by atoms with Crippen LogP contribution in [-0.2, 0) is 9.53 Å². The summed E-state index contributed by atoms with van der Waals surface area (Å²) in [4.78, 5) is 37.9. The molecule has 2 N–H and O–H groups in total. The minimum atomic E-state index is -0.417. The van der Waals surface area contributed by atoms with Crippen molar-refractivity contribution in [3.05, 3.63) is 54.1 Å². The number of anilines is 2. The fourth-order valence-corrected chi connectivity index (χ4v) is 3.09. The monoisotopic (exact) mass is 397 g/mol. The topological polar surface area (TPSA) is 97.0 Å². The van der Waals surface area contributed by atoms with Gasteiger partial charge in [0.1, 0.15) is 5.75 Å². The molecule has 3 rings (SSSR count). The third-order valence-corrected chi connectivity index (χ3v) is 4.48. The molecular weight excluding hydrogens is 374 g/mol. The Morgan fingerprint density at radius 2 is 1.93 bits per heavy atom. The van der Waals surface area contributed by atoms with Crippen LogP contribution in [0.2, 0.25) is 0 Å². The van der Waals surface area contributed by atoms with E-state index in [2.05, 4.69) is 10.6 Å². The van der Waals surface area contributed by atoms with Crippen LogP contribution < -0.4 is 20.3 Å². The van der Waals surface area contributed by atoms with Crippen molar-refractivity contribution >= 4 is 29.3 Å². The van der Waals surface area contributed by atoms with Crippen LogP contribution in [0.4, 0.5) is 16.2 Å². The van der Waals surface area contributed by atoms with E-state index in [1.165, 1.54) is 0 Å². The number of urea groups is 1. The number of hydrogen-bond acceptors (Lipinski definition) is 5. The maximum absolute atomic E-state index is 12.3. The first kappa shape index (κ1) is 20.2. The van der Waals surface area contributed by atoms with Gasteiger partial charge in [0.25, 0.3) is 0 Å². The quantitative estimate of drug-likeness (QED) is 0.731. The van der Waals surface area contributed by atoms with E-state index in [-0.39, 0.29) is 18.4 Å². The Morgan fingerprint density at radius 3 is 2.62 bits per heavy atom. The first-order chi connectivity index (χ1) is 14.0. The highest BCUT2D eigenvalue weighted by Gasteiger charge is 2.31. The van der Waals surface area contributed by atoms with Gasteiger partial charge < -0.3 is 25.0 Å². The van der Waals surface area contributed by atoms with Crippen LogP contribution in [0.1, 0.15) is 23.7 Å². The summed E-state index contributed by atoms with van der Waals surface area (Å²) in [6.45, 7) is 2.41. The van der Waals surface area contributed by atoms with Crippen molar-refractivity contribution in [2.75, 3.05) is 30.5 Å². The highest BCUT2D eigenvalue weighted by atomic mass is 16.5. The fourth-order valence-electron chi connectivity index (χ4n) is 3.09. The van der Waals surface area contributed by atoms with E-state index in [1.807, 2.05) is 12.1 Å². The molecular formula is C21H23N3O5. The molecule has 29 heavy (non-hydrogen) atoms. The molecule has 0 saturated carbocycles. The molecule has 0 aliphatic carbocycles. The molecule has 1 aliphatic heterocycles. The van der Waals surface area contributed by atoms with Crippen LogP contribution in [0.15, 0.2) is 48.5 Å². The number of esters is 1. The minimum Gasteiger partial charge on any atom is -0.497 e. The summed E-state index contributed by atoms with van der Waals surface area (Å²) >= 11 is 0. The average Bonchev–Trinajstić information content (AvgIpc) is 3.08. The zero-order valence-electron chi connectivity index (χ0n) is 16.3. The molecule has 0 aromatic heterocycles. The second kappa shape index (κ2) is 9.09. The number of hydrogen-bond donors (Lipinski definition) is 2. The highest BCUT2D eigenvalue weighted by molar-refractivity contribution is 5.98. The fraction of sp³-hybridized carbons (Fsp3) is 0.286. The summed E-state index contributed by atoms with van der Waals surface area (Å²) < 4.78 is 10.1. The molecule has 0 radical (unpaired) electrons. The van der Waals surface area contributed by atoms with Crippen LogP contribution in [0, 0.1) is 0 Å². The molecule has 0 bridgehead atoms. The van der Waals surface area contributed by atoms with E-state index < -0.39 is 12.0 Å². The Bertz CT molecular complexity index is 897. The largest absolute Gasteiger partial charge is 0.497 e. The van der Waals surface area contributed by atoms with Gasteiger partial charge in [-0.15, -0.1) is 0 Å². The Kier molecular flexibility index (Phi) is 6.33. The SMILES string of the molecule is CCOC(=O)c1ccc(NC(=O)N[C@H]2CC(=O)N(c3cccc(OC)c3)C2)cc1. The number of carbonyl (C=O) groups is 3. The predicted molar refractivity (Wildman–Crippen MR) is 108 cm³/mol. The minimum absolute atomic E-state index is 0.0673. The molecule has 2 aromatic carbocycles. The zero-order valence-corrected chi connectivity index (χ0v) is 16.3. The van der Waals surface area contributed by atoms with Crippen LogP contribution in [0.5, 0.6) is 5.75 Å². The Labute approximate surface area is 168 Å². The van der Waals surface area contributed by atoms with Crippen molar-refractivity contribution in [3.63, 3.8) is 0 Å². The second-order valence-electron chi connectivity index (χ2n) is 6.50. The predicted octanol–water partition coefficient (Wildman–Crippen LogP) is 2.80. The summed E-state index contributed by atoms with van der Waals surface area (Å²) in [6.07, 6.45) is 0.215. The molecule has 8 nitrogen and oxygen atoms in total. The molecule has 1 atom stereocenters. The van der Waals surface area contributed by atoms with Gasteiger partial charge in [0, 0.05) is 30.4 Å². The summed E-state index contributed by atoms with van der Waals surface area (Å²) in [5.74, 6) is 0.184. The molecule has 1 fully saturated rings. The maximum Gasteiger partial charge on any atom is 0.338 e. The maximum atomic E-state index is 12.3. The van der Waals surface area contributed by atoms with E-state index >= 15 is 0 Å². The second-order valence-corrected chi connectivity index (χ2v) is 6.50. The van der Waals surface area contributed by atoms with E-state index in [1.54, 1.807) is 55.3 Å². The van der Waals surface area contributed by atoms with Crippen molar-refractivity contribution in [1.29, 1.82) is 0 Å². The number of ether oxygens (including phenoxy) is 2. The lowest BCUT2D eigenvalue weighted by Crippen LogP contribution is -2.39. The third kappa shape index (κ3) is 5.04. The smallest absolute Gasteiger partial charge is 0.338 e. The van der Waals surface area contributed by atoms with Gasteiger partial charge in [0.15, 0.2) is 0 Å². The Balaban J connectivity index is 1.56. The van der Waals surface area contributed by atoms with Crippen molar-refractivity contribution < 1.29 is 23.9 Å². The van der Waals surface area contributed by atoms with Crippen LogP contribution in [-0.4, -0.2) is 44.2 Å². The van der Waals surface area contributed by atoms with Gasteiger partial charge in [0.2, 0.25) is 5.91 Å². The third-order valence-electron chi connectivity index (χ3n) is 4.48. The number of nitrogens with one attached hydrogen (secondary N) is 2. The van der Waals surface area contributed by atoms with E-state index in [0.29, 0.717) is 30.2 Å². The first-order valence-electron chi connectivity index (χ1n) is 9.29. The number of nitrogens with zero attached hydrogens (tertiary/aromatic N) is 1. The van der Waals surface area contributed by atoms with Crippen LogP contribution in [0.3, 0.4) is 0 Å². The van der Waals surface area contributed by atoms with E-state index in [0.717, 1.165) is 5.69 Å². The van der Waals surface area contributed by atoms with Gasteiger partial charge in [-0.2, -0.15) is 0 Å². The molecule has 1 aliphatic rings. The molecule has 0 unspecified atom stereocenters. The number of benzene rings is 2. The van der Waals surface area contributed by atoms with Gasteiger partial charge in [-0.05, 0) is 43.3 Å². The average molecular weight is 397 g/mol. The molecule has 3 amide bonds. The molecule has 8 heteroatoms. The lowest BCUT2D eigenvalue weighted by Gasteiger charge is -2.18. The van der Waals surface area contributed by atoms with Crippen LogP contribution >= 0.6 is 0 Å². The molecule has 152 valence electrons. The van der Waals surface area contributed by atoms with Gasteiger partial charge in [-0.25, -0.2) is 9.59 Å². The van der Waals surface area contributed by atoms with Gasteiger partial charge >= 0.3 is 12.0 Å². The molecule has 0 spiro atoms. The van der Waals surface area contributed by atoms with Gasteiger partial charge in [-0.3, -0.25) is 4.79 Å². The van der Waals surface area contributed by atoms with E-state index in [9.17, 15) is 14.4 Å². The van der Waals surface area contributed by atoms with Crippen molar-refractivity contribution in [2.24, 2.45) is 0 Å². The summed E-state index contributed by atoms with van der Waals surface area (Å²) in [7, 11) is 1.57. The lowest BCUT2D eigenvalue weighted by molar-refractivity contribution is -0.117. The van der Waals surface area contributed by atoms with Crippen LogP contribution in [0.25, 0.3) is 0 Å². The first-order valence-corrected chi connectivity index (χ1v) is 9.29. The summed E-state index contributed by atoms with van der Waals surface area (Å²) in [5, 5.41) is 5.51. The highest BCUT2D eigenvalue weighted by Crippen LogP contribution is 2.25. The zero-order chi connectivity index (χ0) is 20.8. The summed E-state index contributed by atoms with van der Waals surface area (Å²) in [6, 6.07) is 12.9. The lowest BCUT2D eigenvalue weighted by atomic mass is 10.2. The normalized spacial score (nSPS) is 15.7. The molecule has 1 saturated heterocycles. The van der Waals surface area contributed by atoms with Crippen molar-refractivity contribution in [1.82, 2.24) is 5.32 Å². The van der Waals surface area contributed by atoms with Gasteiger partial charge in [0.05, 0.1) is 25.3 Å². The van der Waals surface area contributed by atoms with Crippen molar-refractivity contribution in [2.45, 2.75) is 19.4 Å². The number of carbonyl (C=O) groups excluding carboxylic acids is 3. The molecule has 2 aromatic rings. The van der Waals surface area contributed by atoms with Gasteiger partial charge in [-0.1, -0.05) is 6.07 Å². The Hall–Kier alpha value is -3.55. The summed E-state index contributed by atoms with van der Waals surface area (Å²) in [5.41, 5.74) is 1.67. The number of amides is 3. The number of methoxy groups -OCH3 is 1. The Morgan fingerprint density at radius 1 is 1.17 bits per heavy atom. The van der Waals surface area contributed by atoms with E-state index in [4.69, 9.17) is 9.47 Å². The number of rotatable bonds is 6. The molecule has 1 heterocycles. The standard InChI is InChI=1S/C21H23N3O5/c1-3-29-20(26)14-7-9-15(10-8-14)22-21(27)23-16-11-19(25)24(13-16)17-5-4-6-18(12-17)28-2/h4-10,12,16H,3,11,13H2,1-2H3,(H2,22,23,27)/t16-/m0/s1.